The molecule has 0 unspecified atom stereocenters. The predicted molar refractivity (Wildman–Crippen MR) is 88.2 cm³/mol. The molecule has 0 saturated heterocycles. The van der Waals surface area contributed by atoms with Crippen molar-refractivity contribution in [2.24, 2.45) is 0 Å². The number of sulfone groups is 1. The van der Waals surface area contributed by atoms with Gasteiger partial charge >= 0.3 is 0 Å². The zero-order valence-electron chi connectivity index (χ0n) is 12.0. The highest BCUT2D eigenvalue weighted by atomic mass is 32.2. The molecular formula is C14H17NO4S3. The van der Waals surface area contributed by atoms with Crippen LogP contribution in [0.2, 0.25) is 0 Å². The quantitative estimate of drug-likeness (QED) is 0.822. The molecule has 5 nitrogen and oxygen atoms in total. The van der Waals surface area contributed by atoms with Gasteiger partial charge in [0.25, 0.3) is 0 Å². The highest BCUT2D eigenvalue weighted by Gasteiger charge is 2.30. The lowest BCUT2D eigenvalue weighted by molar-refractivity contribution is 0.570. The Balaban J connectivity index is 2.39. The molecule has 0 saturated carbocycles. The van der Waals surface area contributed by atoms with E-state index in [-0.39, 0.29) is 16.5 Å². The Bertz CT molecular complexity index is 797. The van der Waals surface area contributed by atoms with Gasteiger partial charge in [-0.2, -0.15) is 0 Å². The molecule has 2 aromatic rings. The summed E-state index contributed by atoms with van der Waals surface area (Å²) in [5.41, 5.74) is 0.565. The number of rotatable bonds is 7. The fourth-order valence-electron chi connectivity index (χ4n) is 1.94. The Kier molecular flexibility index (Phi) is 5.38. The van der Waals surface area contributed by atoms with Gasteiger partial charge in [-0.05, 0) is 23.9 Å². The molecule has 2 rings (SSSR count). The normalized spacial score (nSPS) is 13.9. The molecule has 0 fully saturated rings. The van der Waals surface area contributed by atoms with Crippen LogP contribution in [0.1, 0.15) is 17.7 Å². The lowest BCUT2D eigenvalue weighted by atomic mass is 10.1. The van der Waals surface area contributed by atoms with E-state index in [1.807, 2.05) is 0 Å². The molecule has 1 aromatic heterocycles. The summed E-state index contributed by atoms with van der Waals surface area (Å²) in [5, 5.41) is 0.735. The van der Waals surface area contributed by atoms with Gasteiger partial charge in [-0.1, -0.05) is 36.4 Å². The second kappa shape index (κ2) is 6.91. The molecule has 0 aliphatic rings. The van der Waals surface area contributed by atoms with E-state index in [2.05, 4.69) is 4.72 Å². The minimum absolute atomic E-state index is 0.0897. The molecule has 1 aromatic carbocycles. The van der Waals surface area contributed by atoms with Crippen LogP contribution < -0.4 is 4.72 Å². The topological polar surface area (TPSA) is 80.3 Å². The molecule has 0 aliphatic carbocycles. The molecule has 0 aliphatic heterocycles. The maximum absolute atomic E-state index is 12.8. The standard InChI is InChI=1S/C14H17NO4S3/c1-2-21(16,17)15-11-13(12-7-4-3-5-8-12)22(18,19)14-9-6-10-20-14/h3-10,13,15H,2,11H2,1H3/t13-/m1/s1. The van der Waals surface area contributed by atoms with Crippen molar-refractivity contribution in [1.82, 2.24) is 4.72 Å². The number of sulfonamides is 1. The molecule has 0 radical (unpaired) electrons. The van der Waals surface area contributed by atoms with E-state index in [4.69, 9.17) is 0 Å². The monoisotopic (exact) mass is 359 g/mol. The van der Waals surface area contributed by atoms with E-state index in [0.717, 1.165) is 11.3 Å². The van der Waals surface area contributed by atoms with Crippen LogP contribution in [0, 0.1) is 0 Å². The van der Waals surface area contributed by atoms with Crippen molar-refractivity contribution < 1.29 is 16.8 Å². The third-order valence-corrected chi connectivity index (χ3v) is 8.09. The van der Waals surface area contributed by atoms with E-state index >= 15 is 0 Å². The van der Waals surface area contributed by atoms with E-state index in [1.165, 1.54) is 13.0 Å². The van der Waals surface area contributed by atoms with Gasteiger partial charge in [0.15, 0.2) is 9.84 Å². The van der Waals surface area contributed by atoms with Crippen molar-refractivity contribution in [3.63, 3.8) is 0 Å². The molecule has 22 heavy (non-hydrogen) atoms. The third-order valence-electron chi connectivity index (χ3n) is 3.19. The number of hydrogen-bond acceptors (Lipinski definition) is 5. The van der Waals surface area contributed by atoms with Gasteiger partial charge in [-0.3, -0.25) is 0 Å². The van der Waals surface area contributed by atoms with Gasteiger partial charge in [0.2, 0.25) is 10.0 Å². The van der Waals surface area contributed by atoms with Crippen molar-refractivity contribution in [3.05, 3.63) is 53.4 Å². The summed E-state index contributed by atoms with van der Waals surface area (Å²) in [4.78, 5) is 0. The SMILES string of the molecule is CCS(=O)(=O)NC[C@H](c1ccccc1)S(=O)(=O)c1cccs1. The molecular weight excluding hydrogens is 342 g/mol. The molecule has 8 heteroatoms. The molecule has 1 atom stereocenters. The van der Waals surface area contributed by atoms with Crippen LogP contribution in [0.3, 0.4) is 0 Å². The van der Waals surface area contributed by atoms with Crippen molar-refractivity contribution in [2.45, 2.75) is 16.4 Å². The first-order valence-electron chi connectivity index (χ1n) is 6.66. The number of nitrogens with one attached hydrogen (secondary N) is 1. The number of hydrogen-bond donors (Lipinski definition) is 1. The fraction of sp³-hybridized carbons (Fsp3) is 0.286. The lowest BCUT2D eigenvalue weighted by Crippen LogP contribution is -2.32. The van der Waals surface area contributed by atoms with Gasteiger partial charge in [0.1, 0.15) is 9.46 Å². The average Bonchev–Trinajstić information content (AvgIpc) is 3.03. The van der Waals surface area contributed by atoms with Gasteiger partial charge in [0.05, 0.1) is 5.75 Å². The van der Waals surface area contributed by atoms with Crippen LogP contribution in [0.25, 0.3) is 0 Å². The fourth-order valence-corrected chi connectivity index (χ4v) is 5.54. The van der Waals surface area contributed by atoms with Crippen molar-refractivity contribution >= 4 is 31.2 Å². The molecule has 1 N–H and O–H groups in total. The van der Waals surface area contributed by atoms with Crippen LogP contribution in [0.4, 0.5) is 0 Å². The number of benzene rings is 1. The molecule has 120 valence electrons. The first-order chi connectivity index (χ1) is 10.4. The summed E-state index contributed by atoms with van der Waals surface area (Å²) in [5.74, 6) is -0.0897. The summed E-state index contributed by atoms with van der Waals surface area (Å²) in [6.45, 7) is 1.33. The number of thiophene rings is 1. The van der Waals surface area contributed by atoms with Crippen molar-refractivity contribution in [3.8, 4) is 0 Å². The molecule has 0 spiro atoms. The van der Waals surface area contributed by atoms with Crippen LogP contribution >= 0.6 is 11.3 Å². The molecule has 0 amide bonds. The predicted octanol–water partition coefficient (Wildman–Crippen LogP) is 2.20. The van der Waals surface area contributed by atoms with Gasteiger partial charge in [-0.25, -0.2) is 21.6 Å². The molecule has 1 heterocycles. The van der Waals surface area contributed by atoms with Crippen LogP contribution in [-0.4, -0.2) is 29.1 Å². The molecule has 0 bridgehead atoms. The minimum atomic E-state index is -3.65. The maximum atomic E-state index is 12.8. The van der Waals surface area contributed by atoms with Gasteiger partial charge in [-0.15, -0.1) is 11.3 Å². The first kappa shape index (κ1) is 17.1. The van der Waals surface area contributed by atoms with Crippen molar-refractivity contribution in [1.29, 1.82) is 0 Å². The second-order valence-corrected chi connectivity index (χ2v) is 10.0. The van der Waals surface area contributed by atoms with Crippen LogP contribution in [-0.2, 0) is 19.9 Å². The average molecular weight is 359 g/mol. The van der Waals surface area contributed by atoms with E-state index in [9.17, 15) is 16.8 Å². The Morgan fingerprint density at radius 3 is 2.27 bits per heavy atom. The smallest absolute Gasteiger partial charge is 0.211 e. The highest BCUT2D eigenvalue weighted by molar-refractivity contribution is 7.93. The maximum Gasteiger partial charge on any atom is 0.211 e. The zero-order chi connectivity index (χ0) is 16.2. The summed E-state index contributed by atoms with van der Waals surface area (Å²) >= 11 is 1.13. The Morgan fingerprint density at radius 2 is 1.73 bits per heavy atom. The van der Waals surface area contributed by atoms with E-state index in [1.54, 1.807) is 41.8 Å². The van der Waals surface area contributed by atoms with Crippen molar-refractivity contribution in [2.75, 3.05) is 12.3 Å². The summed E-state index contributed by atoms with van der Waals surface area (Å²) in [6, 6.07) is 11.8. The lowest BCUT2D eigenvalue weighted by Gasteiger charge is -2.18. The zero-order valence-corrected chi connectivity index (χ0v) is 14.4. The Labute approximate surface area is 135 Å². The van der Waals surface area contributed by atoms with Crippen LogP contribution in [0.15, 0.2) is 52.1 Å². The first-order valence-corrected chi connectivity index (χ1v) is 10.7. The largest absolute Gasteiger partial charge is 0.222 e. The van der Waals surface area contributed by atoms with E-state index in [0.29, 0.717) is 5.56 Å². The van der Waals surface area contributed by atoms with Gasteiger partial charge in [0, 0.05) is 6.54 Å². The van der Waals surface area contributed by atoms with Gasteiger partial charge < -0.3 is 0 Å². The summed E-state index contributed by atoms with van der Waals surface area (Å²) < 4.78 is 51.4. The second-order valence-electron chi connectivity index (χ2n) is 4.63. The minimum Gasteiger partial charge on any atom is -0.222 e. The Hall–Kier alpha value is -1.22. The summed E-state index contributed by atoms with van der Waals surface area (Å²) in [7, 11) is -7.11. The summed E-state index contributed by atoms with van der Waals surface area (Å²) in [6.07, 6.45) is 0. The highest BCUT2D eigenvalue weighted by Crippen LogP contribution is 2.31. The third kappa shape index (κ3) is 3.95. The Morgan fingerprint density at radius 1 is 1.05 bits per heavy atom. The van der Waals surface area contributed by atoms with Crippen LogP contribution in [0.5, 0.6) is 0 Å². The van der Waals surface area contributed by atoms with E-state index < -0.39 is 25.1 Å².